The molecule has 9 heteroatoms. The second-order valence-corrected chi connectivity index (χ2v) is 8.57. The lowest BCUT2D eigenvalue weighted by Gasteiger charge is -2.18. The number of benzene rings is 3. The highest BCUT2D eigenvalue weighted by molar-refractivity contribution is 9.11. The van der Waals surface area contributed by atoms with E-state index in [2.05, 4.69) is 37.2 Å². The third-order valence-corrected chi connectivity index (χ3v) is 5.71. The van der Waals surface area contributed by atoms with Gasteiger partial charge >= 0.3 is 5.97 Å². The van der Waals surface area contributed by atoms with E-state index in [1.807, 2.05) is 6.07 Å². The zero-order valence-electron chi connectivity index (χ0n) is 16.6. The van der Waals surface area contributed by atoms with Gasteiger partial charge in [0.2, 0.25) is 0 Å². The van der Waals surface area contributed by atoms with E-state index in [1.54, 1.807) is 36.4 Å². The number of carboxylic acids is 1. The van der Waals surface area contributed by atoms with Gasteiger partial charge in [-0.1, -0.05) is 30.3 Å². The minimum Gasteiger partial charge on any atom is -0.507 e. The summed E-state index contributed by atoms with van der Waals surface area (Å²) in [4.78, 5) is 23.7. The van der Waals surface area contributed by atoms with E-state index in [9.17, 15) is 19.8 Å². The van der Waals surface area contributed by atoms with E-state index >= 15 is 0 Å². The summed E-state index contributed by atoms with van der Waals surface area (Å²) in [5.74, 6) is -1.11. The Morgan fingerprint density at radius 1 is 1.00 bits per heavy atom. The number of amides is 1. The molecule has 32 heavy (non-hydrogen) atoms. The molecule has 0 radical (unpaired) electrons. The van der Waals surface area contributed by atoms with Gasteiger partial charge in [-0.05, 0) is 73.3 Å². The Morgan fingerprint density at radius 2 is 1.66 bits per heavy atom. The SMILES string of the molecule is O=C(O)Cc1cc(Br)c(Oc2ccc(O)c(C(=O)N[C@H](CO)c3ccccc3)c2)c(Br)c1. The molecule has 0 aliphatic carbocycles. The first kappa shape index (κ1) is 23.8. The number of nitrogens with one attached hydrogen (secondary N) is 1. The van der Waals surface area contributed by atoms with Crippen molar-refractivity contribution in [3.63, 3.8) is 0 Å². The molecule has 0 fully saturated rings. The third-order valence-electron chi connectivity index (χ3n) is 4.54. The van der Waals surface area contributed by atoms with Crippen molar-refractivity contribution in [3.8, 4) is 17.2 Å². The fourth-order valence-electron chi connectivity index (χ4n) is 3.02. The zero-order valence-corrected chi connectivity index (χ0v) is 19.8. The molecule has 166 valence electrons. The predicted molar refractivity (Wildman–Crippen MR) is 125 cm³/mol. The van der Waals surface area contributed by atoms with Crippen molar-refractivity contribution in [1.82, 2.24) is 5.32 Å². The highest BCUT2D eigenvalue weighted by Crippen LogP contribution is 2.39. The van der Waals surface area contributed by atoms with Gasteiger partial charge in [-0.15, -0.1) is 0 Å². The maximum atomic E-state index is 12.8. The minimum atomic E-state index is -0.955. The van der Waals surface area contributed by atoms with Gasteiger partial charge in [-0.2, -0.15) is 0 Å². The van der Waals surface area contributed by atoms with Crippen LogP contribution in [-0.4, -0.2) is 33.8 Å². The van der Waals surface area contributed by atoms with Gasteiger partial charge in [0.05, 0.1) is 33.6 Å². The number of phenols is 1. The maximum absolute atomic E-state index is 12.8. The van der Waals surface area contributed by atoms with Crippen molar-refractivity contribution in [2.75, 3.05) is 6.61 Å². The van der Waals surface area contributed by atoms with Crippen LogP contribution in [0.1, 0.15) is 27.5 Å². The summed E-state index contributed by atoms with van der Waals surface area (Å²) in [5.41, 5.74) is 1.28. The Balaban J connectivity index is 1.83. The topological polar surface area (TPSA) is 116 Å². The number of carbonyl (C=O) groups is 2. The molecule has 0 unspecified atom stereocenters. The molecule has 7 nitrogen and oxygen atoms in total. The van der Waals surface area contributed by atoms with Gasteiger partial charge in [-0.25, -0.2) is 0 Å². The van der Waals surface area contributed by atoms with Crippen molar-refractivity contribution in [2.45, 2.75) is 12.5 Å². The van der Waals surface area contributed by atoms with Crippen LogP contribution in [0.3, 0.4) is 0 Å². The minimum absolute atomic E-state index is 0.0216. The van der Waals surface area contributed by atoms with Crippen LogP contribution in [0.2, 0.25) is 0 Å². The van der Waals surface area contributed by atoms with Gasteiger partial charge in [-0.3, -0.25) is 9.59 Å². The standard InChI is InChI=1S/C23H19Br2NO6/c24-17-8-13(10-21(29)30)9-18(25)22(17)32-15-6-7-20(28)16(11-15)23(31)26-19(12-27)14-4-2-1-3-5-14/h1-9,11,19,27-28H,10,12H2,(H,26,31)(H,29,30)/t19-/m1/s1. The molecule has 3 rings (SSSR count). The first-order valence-corrected chi connectivity index (χ1v) is 11.0. The van der Waals surface area contributed by atoms with E-state index in [4.69, 9.17) is 9.84 Å². The second kappa shape index (κ2) is 10.6. The number of aliphatic hydroxyl groups excluding tert-OH is 1. The van der Waals surface area contributed by atoms with Crippen molar-refractivity contribution in [3.05, 3.63) is 86.3 Å². The summed E-state index contributed by atoms with van der Waals surface area (Å²) in [7, 11) is 0. The molecule has 0 aliphatic heterocycles. The molecule has 0 saturated carbocycles. The average molecular weight is 565 g/mol. The normalized spacial score (nSPS) is 11.6. The highest BCUT2D eigenvalue weighted by atomic mass is 79.9. The molecular formula is C23H19Br2NO6. The van der Waals surface area contributed by atoms with Gasteiger partial charge in [0.1, 0.15) is 11.5 Å². The molecule has 1 amide bonds. The Morgan fingerprint density at radius 3 is 2.25 bits per heavy atom. The Bertz CT molecular complexity index is 1110. The van der Waals surface area contributed by atoms with Gasteiger partial charge < -0.3 is 25.4 Å². The monoisotopic (exact) mass is 563 g/mol. The molecule has 0 heterocycles. The fourth-order valence-corrected chi connectivity index (χ4v) is 4.46. The Labute approximate surface area is 200 Å². The predicted octanol–water partition coefficient (Wildman–Crippen LogP) is 4.80. The maximum Gasteiger partial charge on any atom is 0.307 e. The van der Waals surface area contributed by atoms with Crippen LogP contribution < -0.4 is 10.1 Å². The Hall–Kier alpha value is -2.88. The lowest BCUT2D eigenvalue weighted by molar-refractivity contribution is -0.136. The molecule has 0 spiro atoms. The zero-order chi connectivity index (χ0) is 23.3. The number of hydrogen-bond donors (Lipinski definition) is 4. The quantitative estimate of drug-likeness (QED) is 0.312. The van der Waals surface area contributed by atoms with Crippen LogP contribution in [0.5, 0.6) is 17.2 Å². The summed E-state index contributed by atoms with van der Waals surface area (Å²) in [5, 5.41) is 31.6. The number of rotatable bonds is 8. The van der Waals surface area contributed by atoms with Crippen LogP contribution in [0.25, 0.3) is 0 Å². The molecule has 0 saturated heterocycles. The van der Waals surface area contributed by atoms with Crippen molar-refractivity contribution in [1.29, 1.82) is 0 Å². The number of ether oxygens (including phenoxy) is 1. The number of halogens is 2. The average Bonchev–Trinajstić information content (AvgIpc) is 2.75. The van der Waals surface area contributed by atoms with Gasteiger partial charge in [0.15, 0.2) is 5.75 Å². The van der Waals surface area contributed by atoms with Crippen molar-refractivity contribution >= 4 is 43.7 Å². The van der Waals surface area contributed by atoms with E-state index in [1.165, 1.54) is 18.2 Å². The lowest BCUT2D eigenvalue weighted by atomic mass is 10.1. The van der Waals surface area contributed by atoms with Crippen LogP contribution in [0, 0.1) is 0 Å². The number of aliphatic hydroxyl groups is 1. The summed E-state index contributed by atoms with van der Waals surface area (Å²) >= 11 is 6.74. The lowest BCUT2D eigenvalue weighted by Crippen LogP contribution is -2.30. The number of aliphatic carboxylic acids is 1. The molecule has 1 atom stereocenters. The number of phenolic OH excluding ortho intramolecular Hbond substituents is 1. The van der Waals surface area contributed by atoms with E-state index in [0.29, 0.717) is 20.3 Å². The molecular weight excluding hydrogens is 546 g/mol. The highest BCUT2D eigenvalue weighted by Gasteiger charge is 2.19. The smallest absolute Gasteiger partial charge is 0.307 e. The number of carboxylic acid groups (broad SMARTS) is 1. The molecule has 3 aromatic carbocycles. The molecule has 0 aromatic heterocycles. The van der Waals surface area contributed by atoms with Crippen LogP contribution >= 0.6 is 31.9 Å². The van der Waals surface area contributed by atoms with E-state index in [0.717, 1.165) is 5.56 Å². The van der Waals surface area contributed by atoms with E-state index in [-0.39, 0.29) is 30.1 Å². The van der Waals surface area contributed by atoms with Gasteiger partial charge in [0.25, 0.3) is 5.91 Å². The summed E-state index contributed by atoms with van der Waals surface area (Å²) in [6.07, 6.45) is -0.144. The number of carbonyl (C=O) groups excluding carboxylic acids is 1. The first-order chi connectivity index (χ1) is 15.3. The van der Waals surface area contributed by atoms with Crippen molar-refractivity contribution in [2.24, 2.45) is 0 Å². The van der Waals surface area contributed by atoms with E-state index < -0.39 is 17.9 Å². The molecule has 0 aliphatic rings. The van der Waals surface area contributed by atoms with Crippen LogP contribution in [-0.2, 0) is 11.2 Å². The fraction of sp³-hybridized carbons (Fsp3) is 0.130. The van der Waals surface area contributed by atoms with Crippen LogP contribution in [0.4, 0.5) is 0 Å². The largest absolute Gasteiger partial charge is 0.507 e. The summed E-state index contributed by atoms with van der Waals surface area (Å²) < 4.78 is 6.92. The second-order valence-electron chi connectivity index (χ2n) is 6.86. The molecule has 3 aromatic rings. The summed E-state index contributed by atoms with van der Waals surface area (Å²) in [6, 6.07) is 15.8. The summed E-state index contributed by atoms with van der Waals surface area (Å²) in [6.45, 7) is -0.310. The Kier molecular flexibility index (Phi) is 7.89. The number of aromatic hydroxyl groups is 1. The van der Waals surface area contributed by atoms with Crippen LogP contribution in [0.15, 0.2) is 69.6 Å². The van der Waals surface area contributed by atoms with Gasteiger partial charge in [0, 0.05) is 0 Å². The first-order valence-electron chi connectivity index (χ1n) is 9.45. The molecule has 0 bridgehead atoms. The number of hydrogen-bond acceptors (Lipinski definition) is 5. The molecule has 4 N–H and O–H groups in total. The van der Waals surface area contributed by atoms with Crippen molar-refractivity contribution < 1.29 is 29.6 Å². The third kappa shape index (κ3) is 5.87.